The number of carbonyl (C=O) groups is 2. The van der Waals surface area contributed by atoms with Gasteiger partial charge in [-0.3, -0.25) is 14.5 Å². The van der Waals surface area contributed by atoms with Crippen LogP contribution in [0.3, 0.4) is 0 Å². The van der Waals surface area contributed by atoms with Crippen LogP contribution in [0.4, 0.5) is 11.4 Å². The molecule has 2 aromatic rings. The first-order valence-electron chi connectivity index (χ1n) is 8.47. The van der Waals surface area contributed by atoms with Gasteiger partial charge in [-0.15, -0.1) is 0 Å². The molecule has 0 aliphatic carbocycles. The summed E-state index contributed by atoms with van der Waals surface area (Å²) in [6.45, 7) is 3.54. The van der Waals surface area contributed by atoms with Crippen LogP contribution < -0.4 is 16.0 Å². The van der Waals surface area contributed by atoms with Gasteiger partial charge in [0.2, 0.25) is 11.8 Å². The molecule has 7 heteroatoms. The monoisotopic (exact) mass is 354 g/mol. The third kappa shape index (κ3) is 4.52. The highest BCUT2D eigenvalue weighted by Crippen LogP contribution is 2.19. The SMILES string of the molecule is NC(=O)c1ccc(NC(=O)CN2CCN(c3ccc(O)cc3)CC2)cc1. The molecule has 0 bridgehead atoms. The van der Waals surface area contributed by atoms with Crippen LogP contribution in [0.2, 0.25) is 0 Å². The van der Waals surface area contributed by atoms with Crippen LogP contribution in [0.15, 0.2) is 48.5 Å². The van der Waals surface area contributed by atoms with Crippen molar-refractivity contribution in [3.05, 3.63) is 54.1 Å². The van der Waals surface area contributed by atoms with Gasteiger partial charge >= 0.3 is 0 Å². The van der Waals surface area contributed by atoms with Gasteiger partial charge in [0.25, 0.3) is 0 Å². The maximum atomic E-state index is 12.2. The summed E-state index contributed by atoms with van der Waals surface area (Å²) in [6, 6.07) is 13.7. The molecule has 0 radical (unpaired) electrons. The molecule has 4 N–H and O–H groups in total. The normalized spacial score (nSPS) is 14.8. The fraction of sp³-hybridized carbons (Fsp3) is 0.263. The van der Waals surface area contributed by atoms with Crippen molar-refractivity contribution in [3.8, 4) is 5.75 Å². The quantitative estimate of drug-likeness (QED) is 0.751. The standard InChI is InChI=1S/C19H22N4O3/c20-19(26)14-1-3-15(4-2-14)21-18(25)13-22-9-11-23(12-10-22)16-5-7-17(24)8-6-16/h1-8,24H,9-13H2,(H2,20,26)(H,21,25). The molecule has 136 valence electrons. The van der Waals surface area contributed by atoms with Crippen molar-refractivity contribution in [2.75, 3.05) is 42.9 Å². The number of amides is 2. The Bertz CT molecular complexity index is 766. The number of phenols is 1. The highest BCUT2D eigenvalue weighted by atomic mass is 16.3. The van der Waals surface area contributed by atoms with E-state index >= 15 is 0 Å². The van der Waals surface area contributed by atoms with E-state index in [0.29, 0.717) is 17.8 Å². The highest BCUT2D eigenvalue weighted by molar-refractivity contribution is 5.95. The smallest absolute Gasteiger partial charge is 0.248 e. The number of carbonyl (C=O) groups excluding carboxylic acids is 2. The number of nitrogens with zero attached hydrogens (tertiary/aromatic N) is 2. The Morgan fingerprint density at radius 3 is 2.15 bits per heavy atom. The lowest BCUT2D eigenvalue weighted by Crippen LogP contribution is -2.48. The Morgan fingerprint density at radius 2 is 1.58 bits per heavy atom. The minimum Gasteiger partial charge on any atom is -0.508 e. The Labute approximate surface area is 152 Å². The van der Waals surface area contributed by atoms with Crippen LogP contribution in [0.25, 0.3) is 0 Å². The third-order valence-electron chi connectivity index (χ3n) is 4.41. The van der Waals surface area contributed by atoms with Crippen LogP contribution in [-0.2, 0) is 4.79 Å². The van der Waals surface area contributed by atoms with Crippen LogP contribution >= 0.6 is 0 Å². The summed E-state index contributed by atoms with van der Waals surface area (Å²) in [7, 11) is 0. The predicted molar refractivity (Wildman–Crippen MR) is 100 cm³/mol. The Hall–Kier alpha value is -3.06. The Balaban J connectivity index is 1.47. The maximum absolute atomic E-state index is 12.2. The fourth-order valence-electron chi connectivity index (χ4n) is 2.95. The van der Waals surface area contributed by atoms with Gasteiger partial charge in [0.1, 0.15) is 5.75 Å². The largest absolute Gasteiger partial charge is 0.508 e. The molecule has 26 heavy (non-hydrogen) atoms. The zero-order valence-electron chi connectivity index (χ0n) is 14.4. The fourth-order valence-corrected chi connectivity index (χ4v) is 2.95. The molecule has 7 nitrogen and oxygen atoms in total. The maximum Gasteiger partial charge on any atom is 0.248 e. The van der Waals surface area contributed by atoms with Crippen molar-refractivity contribution in [1.82, 2.24) is 4.90 Å². The van der Waals surface area contributed by atoms with Gasteiger partial charge in [0.05, 0.1) is 6.54 Å². The Morgan fingerprint density at radius 1 is 0.962 bits per heavy atom. The van der Waals surface area contributed by atoms with Gasteiger partial charge in [-0.1, -0.05) is 0 Å². The van der Waals surface area contributed by atoms with Crippen molar-refractivity contribution in [3.63, 3.8) is 0 Å². The number of rotatable bonds is 5. The summed E-state index contributed by atoms with van der Waals surface area (Å²) in [5, 5.41) is 12.2. The van der Waals surface area contributed by atoms with Crippen molar-refractivity contribution in [2.45, 2.75) is 0 Å². The molecule has 1 fully saturated rings. The summed E-state index contributed by atoms with van der Waals surface area (Å²) < 4.78 is 0. The zero-order valence-corrected chi connectivity index (χ0v) is 14.4. The van der Waals surface area contributed by atoms with Crippen molar-refractivity contribution in [2.24, 2.45) is 5.73 Å². The zero-order chi connectivity index (χ0) is 18.5. The molecule has 0 spiro atoms. The van der Waals surface area contributed by atoms with Gasteiger partial charge in [0.15, 0.2) is 0 Å². The average Bonchev–Trinajstić information content (AvgIpc) is 2.63. The van der Waals surface area contributed by atoms with E-state index in [2.05, 4.69) is 15.1 Å². The van der Waals surface area contributed by atoms with Crippen LogP contribution in [-0.4, -0.2) is 54.5 Å². The lowest BCUT2D eigenvalue weighted by molar-refractivity contribution is -0.117. The molecule has 2 aromatic carbocycles. The van der Waals surface area contributed by atoms with Gasteiger partial charge in [-0.25, -0.2) is 0 Å². The summed E-state index contributed by atoms with van der Waals surface area (Å²) in [6.07, 6.45) is 0. The van der Waals surface area contributed by atoms with E-state index in [1.165, 1.54) is 0 Å². The van der Waals surface area contributed by atoms with Crippen LogP contribution in [0, 0.1) is 0 Å². The second-order valence-corrected chi connectivity index (χ2v) is 6.27. The molecule has 3 rings (SSSR count). The molecule has 0 atom stereocenters. The van der Waals surface area contributed by atoms with E-state index in [-0.39, 0.29) is 11.7 Å². The van der Waals surface area contributed by atoms with E-state index in [1.54, 1.807) is 36.4 Å². The number of hydrogen-bond donors (Lipinski definition) is 3. The number of primary amides is 1. The topological polar surface area (TPSA) is 98.9 Å². The van der Waals surface area contributed by atoms with Crippen LogP contribution in [0.5, 0.6) is 5.75 Å². The predicted octanol–water partition coefficient (Wildman–Crippen LogP) is 1.25. The van der Waals surface area contributed by atoms with E-state index in [0.717, 1.165) is 31.9 Å². The Kier molecular flexibility index (Phi) is 5.38. The molecule has 0 aromatic heterocycles. The first kappa shape index (κ1) is 17.8. The lowest BCUT2D eigenvalue weighted by Gasteiger charge is -2.35. The molecule has 2 amide bonds. The van der Waals surface area contributed by atoms with Gasteiger partial charge in [0, 0.05) is 43.1 Å². The first-order valence-corrected chi connectivity index (χ1v) is 8.47. The van der Waals surface area contributed by atoms with Gasteiger partial charge in [-0.05, 0) is 48.5 Å². The number of nitrogens with two attached hydrogens (primary N) is 1. The van der Waals surface area contributed by atoms with E-state index in [4.69, 9.17) is 5.73 Å². The molecular weight excluding hydrogens is 332 g/mol. The molecule has 1 heterocycles. The number of piperazine rings is 1. The van der Waals surface area contributed by atoms with Gasteiger partial charge < -0.3 is 21.1 Å². The van der Waals surface area contributed by atoms with E-state index in [9.17, 15) is 14.7 Å². The molecule has 1 aliphatic heterocycles. The van der Waals surface area contributed by atoms with E-state index in [1.807, 2.05) is 12.1 Å². The molecule has 0 unspecified atom stereocenters. The number of anilines is 2. The molecule has 1 saturated heterocycles. The van der Waals surface area contributed by atoms with E-state index < -0.39 is 5.91 Å². The number of hydrogen-bond acceptors (Lipinski definition) is 5. The first-order chi connectivity index (χ1) is 12.5. The van der Waals surface area contributed by atoms with Crippen molar-refractivity contribution < 1.29 is 14.7 Å². The number of phenolic OH excluding ortho intramolecular Hbond substituents is 1. The minimum absolute atomic E-state index is 0.0880. The van der Waals surface area contributed by atoms with Crippen molar-refractivity contribution >= 4 is 23.2 Å². The number of aromatic hydroxyl groups is 1. The summed E-state index contributed by atoms with van der Waals surface area (Å²) in [4.78, 5) is 27.6. The number of nitrogens with one attached hydrogen (secondary N) is 1. The summed E-state index contributed by atoms with van der Waals surface area (Å²) in [5.41, 5.74) is 7.32. The minimum atomic E-state index is -0.491. The lowest BCUT2D eigenvalue weighted by atomic mass is 10.2. The molecular formula is C19H22N4O3. The molecule has 0 saturated carbocycles. The number of benzene rings is 2. The second kappa shape index (κ2) is 7.88. The van der Waals surface area contributed by atoms with Crippen molar-refractivity contribution in [1.29, 1.82) is 0 Å². The average molecular weight is 354 g/mol. The van der Waals surface area contributed by atoms with Gasteiger partial charge in [-0.2, -0.15) is 0 Å². The summed E-state index contributed by atoms with van der Waals surface area (Å²) in [5.74, 6) is -0.322. The highest BCUT2D eigenvalue weighted by Gasteiger charge is 2.19. The van der Waals surface area contributed by atoms with Crippen LogP contribution in [0.1, 0.15) is 10.4 Å². The second-order valence-electron chi connectivity index (χ2n) is 6.27. The molecule has 1 aliphatic rings. The third-order valence-corrected chi connectivity index (χ3v) is 4.41. The summed E-state index contributed by atoms with van der Waals surface area (Å²) >= 11 is 0.